The molecule has 0 radical (unpaired) electrons. The molecule has 0 unspecified atom stereocenters. The van der Waals surface area contributed by atoms with E-state index in [-0.39, 0.29) is 0 Å². The van der Waals surface area contributed by atoms with Crippen molar-refractivity contribution in [2.24, 2.45) is 0 Å². The zero-order chi connectivity index (χ0) is 12.5. The molecule has 0 bridgehead atoms. The number of piperidine rings is 1. The van der Waals surface area contributed by atoms with Gasteiger partial charge in [0.15, 0.2) is 11.5 Å². The van der Waals surface area contributed by atoms with Gasteiger partial charge in [-0.05, 0) is 38.5 Å². The SMILES string of the molecule is CCN1CCC(c2nc3cc(N)ccn3n2)CC1. The standard InChI is InChI=1S/C13H19N5/c1-2-17-6-3-10(4-7-17)13-15-12-9-11(14)5-8-18(12)16-13/h5,8-10H,2-4,6-7,14H2,1H3. The summed E-state index contributed by atoms with van der Waals surface area (Å²) in [6.07, 6.45) is 4.18. The average Bonchev–Trinajstić information content (AvgIpc) is 2.81. The first kappa shape index (κ1) is 11.5. The van der Waals surface area contributed by atoms with Gasteiger partial charge in [-0.2, -0.15) is 5.10 Å². The van der Waals surface area contributed by atoms with E-state index in [0.29, 0.717) is 5.92 Å². The molecule has 0 spiro atoms. The summed E-state index contributed by atoms with van der Waals surface area (Å²) in [6.45, 7) is 5.66. The second-order valence-electron chi connectivity index (χ2n) is 4.94. The van der Waals surface area contributed by atoms with E-state index in [1.54, 1.807) is 0 Å². The average molecular weight is 245 g/mol. The minimum atomic E-state index is 0.494. The highest BCUT2D eigenvalue weighted by molar-refractivity contribution is 5.50. The predicted molar refractivity (Wildman–Crippen MR) is 71.5 cm³/mol. The molecule has 1 saturated heterocycles. The number of pyridine rings is 1. The van der Waals surface area contributed by atoms with Gasteiger partial charge in [0, 0.05) is 23.9 Å². The first-order valence-corrected chi connectivity index (χ1v) is 6.60. The van der Waals surface area contributed by atoms with Gasteiger partial charge < -0.3 is 10.6 Å². The van der Waals surface area contributed by atoms with Crippen molar-refractivity contribution in [3.05, 3.63) is 24.2 Å². The lowest BCUT2D eigenvalue weighted by Crippen LogP contribution is -2.32. The summed E-state index contributed by atoms with van der Waals surface area (Å²) in [5.41, 5.74) is 7.35. The Hall–Kier alpha value is -1.62. The number of anilines is 1. The van der Waals surface area contributed by atoms with Crippen molar-refractivity contribution in [1.29, 1.82) is 0 Å². The van der Waals surface area contributed by atoms with Crippen molar-refractivity contribution in [3.8, 4) is 0 Å². The van der Waals surface area contributed by atoms with Crippen molar-refractivity contribution in [1.82, 2.24) is 19.5 Å². The van der Waals surface area contributed by atoms with Crippen LogP contribution in [0.2, 0.25) is 0 Å². The Bertz CT molecular complexity index is 539. The van der Waals surface area contributed by atoms with E-state index in [1.807, 2.05) is 22.8 Å². The van der Waals surface area contributed by atoms with Crippen molar-refractivity contribution in [2.75, 3.05) is 25.4 Å². The maximum atomic E-state index is 5.76. The Balaban J connectivity index is 1.82. The molecule has 1 aliphatic heterocycles. The lowest BCUT2D eigenvalue weighted by Gasteiger charge is -2.29. The third kappa shape index (κ3) is 2.06. The molecule has 0 aromatic carbocycles. The predicted octanol–water partition coefficient (Wildman–Crippen LogP) is 1.51. The van der Waals surface area contributed by atoms with Gasteiger partial charge in [0.2, 0.25) is 0 Å². The van der Waals surface area contributed by atoms with Crippen LogP contribution in [0.15, 0.2) is 18.3 Å². The fourth-order valence-electron chi connectivity index (χ4n) is 2.59. The molecule has 1 aliphatic rings. The highest BCUT2D eigenvalue weighted by atomic mass is 15.3. The molecular weight excluding hydrogens is 226 g/mol. The molecule has 2 aromatic rings. The number of aromatic nitrogens is 3. The molecular formula is C13H19N5. The number of nitrogens with zero attached hydrogens (tertiary/aromatic N) is 4. The Morgan fingerprint density at radius 3 is 2.89 bits per heavy atom. The Labute approximate surface area is 107 Å². The van der Waals surface area contributed by atoms with Crippen LogP contribution in [0.5, 0.6) is 0 Å². The zero-order valence-corrected chi connectivity index (χ0v) is 10.7. The molecule has 2 aromatic heterocycles. The molecule has 0 amide bonds. The second kappa shape index (κ2) is 4.57. The molecule has 3 heterocycles. The van der Waals surface area contributed by atoms with Gasteiger partial charge in [-0.15, -0.1) is 0 Å². The van der Waals surface area contributed by atoms with Crippen LogP contribution in [0.25, 0.3) is 5.65 Å². The minimum absolute atomic E-state index is 0.494. The molecule has 18 heavy (non-hydrogen) atoms. The summed E-state index contributed by atoms with van der Waals surface area (Å²) in [4.78, 5) is 7.08. The quantitative estimate of drug-likeness (QED) is 0.871. The fourth-order valence-corrected chi connectivity index (χ4v) is 2.59. The van der Waals surface area contributed by atoms with Gasteiger partial charge in [0.05, 0.1) is 0 Å². The van der Waals surface area contributed by atoms with Gasteiger partial charge in [0.25, 0.3) is 0 Å². The number of likely N-dealkylation sites (tertiary alicyclic amines) is 1. The van der Waals surface area contributed by atoms with E-state index >= 15 is 0 Å². The van der Waals surface area contributed by atoms with Crippen LogP contribution < -0.4 is 5.73 Å². The van der Waals surface area contributed by atoms with Crippen LogP contribution >= 0.6 is 0 Å². The molecule has 5 nitrogen and oxygen atoms in total. The van der Waals surface area contributed by atoms with Crippen LogP contribution in [0, 0.1) is 0 Å². The van der Waals surface area contributed by atoms with Crippen molar-refractivity contribution >= 4 is 11.3 Å². The Morgan fingerprint density at radius 1 is 1.39 bits per heavy atom. The third-order valence-corrected chi connectivity index (χ3v) is 3.78. The Morgan fingerprint density at radius 2 is 2.17 bits per heavy atom. The maximum absolute atomic E-state index is 5.76. The topological polar surface area (TPSA) is 59.5 Å². The van der Waals surface area contributed by atoms with Gasteiger partial charge in [-0.1, -0.05) is 6.92 Å². The summed E-state index contributed by atoms with van der Waals surface area (Å²) in [6, 6.07) is 3.73. The van der Waals surface area contributed by atoms with Crippen LogP contribution in [0.1, 0.15) is 31.5 Å². The first-order chi connectivity index (χ1) is 8.76. The molecule has 0 saturated carbocycles. The van der Waals surface area contributed by atoms with Crippen molar-refractivity contribution in [2.45, 2.75) is 25.7 Å². The Kier molecular flexibility index (Phi) is 2.91. The van der Waals surface area contributed by atoms with E-state index in [1.165, 1.54) is 0 Å². The van der Waals surface area contributed by atoms with E-state index in [0.717, 1.165) is 49.6 Å². The lowest BCUT2D eigenvalue weighted by molar-refractivity contribution is 0.219. The summed E-state index contributed by atoms with van der Waals surface area (Å²) in [7, 11) is 0. The van der Waals surface area contributed by atoms with E-state index in [2.05, 4.69) is 21.9 Å². The number of nitrogen functional groups attached to an aromatic ring is 1. The highest BCUT2D eigenvalue weighted by Crippen LogP contribution is 2.25. The zero-order valence-electron chi connectivity index (χ0n) is 10.7. The van der Waals surface area contributed by atoms with Crippen LogP contribution in [0.4, 0.5) is 5.69 Å². The number of nitrogens with two attached hydrogens (primary N) is 1. The molecule has 1 fully saturated rings. The number of fused-ring (bicyclic) bond motifs is 1. The summed E-state index contributed by atoms with van der Waals surface area (Å²) < 4.78 is 1.82. The number of rotatable bonds is 2. The molecule has 3 rings (SSSR count). The normalized spacial score (nSPS) is 18.5. The largest absolute Gasteiger partial charge is 0.399 e. The van der Waals surface area contributed by atoms with Crippen LogP contribution in [-0.2, 0) is 0 Å². The van der Waals surface area contributed by atoms with Crippen molar-refractivity contribution in [3.63, 3.8) is 0 Å². The summed E-state index contributed by atoms with van der Waals surface area (Å²) in [5, 5.41) is 4.56. The van der Waals surface area contributed by atoms with Gasteiger partial charge in [-0.25, -0.2) is 9.50 Å². The van der Waals surface area contributed by atoms with E-state index in [9.17, 15) is 0 Å². The monoisotopic (exact) mass is 245 g/mol. The number of hydrogen-bond donors (Lipinski definition) is 1. The molecule has 2 N–H and O–H groups in total. The number of hydrogen-bond acceptors (Lipinski definition) is 4. The van der Waals surface area contributed by atoms with Gasteiger partial charge in [-0.3, -0.25) is 0 Å². The van der Waals surface area contributed by atoms with Crippen LogP contribution in [-0.4, -0.2) is 39.1 Å². The minimum Gasteiger partial charge on any atom is -0.399 e. The van der Waals surface area contributed by atoms with Gasteiger partial charge >= 0.3 is 0 Å². The third-order valence-electron chi connectivity index (χ3n) is 3.78. The molecule has 96 valence electrons. The second-order valence-corrected chi connectivity index (χ2v) is 4.94. The molecule has 0 atom stereocenters. The van der Waals surface area contributed by atoms with E-state index in [4.69, 9.17) is 5.73 Å². The maximum Gasteiger partial charge on any atom is 0.157 e. The fraction of sp³-hybridized carbons (Fsp3) is 0.538. The van der Waals surface area contributed by atoms with Crippen LogP contribution in [0.3, 0.4) is 0 Å². The van der Waals surface area contributed by atoms with E-state index < -0.39 is 0 Å². The summed E-state index contributed by atoms with van der Waals surface area (Å²) >= 11 is 0. The smallest absolute Gasteiger partial charge is 0.157 e. The van der Waals surface area contributed by atoms with Crippen molar-refractivity contribution < 1.29 is 0 Å². The molecule has 5 heteroatoms. The lowest BCUT2D eigenvalue weighted by atomic mass is 9.96. The van der Waals surface area contributed by atoms with Gasteiger partial charge in [0.1, 0.15) is 0 Å². The first-order valence-electron chi connectivity index (χ1n) is 6.60. The summed E-state index contributed by atoms with van der Waals surface area (Å²) in [5.74, 6) is 1.46. The highest BCUT2D eigenvalue weighted by Gasteiger charge is 2.23. The molecule has 0 aliphatic carbocycles.